The molecule has 12 heteroatoms. The van der Waals surface area contributed by atoms with E-state index in [1.807, 2.05) is 64.8 Å². The second-order valence-corrected chi connectivity index (χ2v) is 7.21. The average molecular weight is 385 g/mol. The first-order valence-electron chi connectivity index (χ1n) is 6.76. The molecule has 3 aromatic rings. The molecule has 0 aliphatic carbocycles. The SMILES string of the molecule is Cc1cnn(-c2cccc(-n3c[n+](C)cn3)c2)c1.F[P-](F)(F)(F)(F)F. The van der Waals surface area contributed by atoms with Crippen molar-refractivity contribution < 1.29 is 29.7 Å². The Balaban J connectivity index is 0.000000277. The molecule has 0 fully saturated rings. The molecule has 0 atom stereocenters. The molecule has 0 saturated heterocycles. The van der Waals surface area contributed by atoms with Crippen molar-refractivity contribution in [3.8, 4) is 11.4 Å². The van der Waals surface area contributed by atoms with Crippen LogP contribution in [-0.4, -0.2) is 19.6 Å². The fourth-order valence-electron chi connectivity index (χ4n) is 1.83. The monoisotopic (exact) mass is 385 g/mol. The first kappa shape index (κ1) is 18.9. The van der Waals surface area contributed by atoms with Gasteiger partial charge >= 0.3 is 33.0 Å². The summed E-state index contributed by atoms with van der Waals surface area (Å²) in [5.41, 5.74) is 3.19. The van der Waals surface area contributed by atoms with Crippen molar-refractivity contribution in [3.05, 3.63) is 54.9 Å². The quantitative estimate of drug-likeness (QED) is 0.368. The Morgan fingerprint density at radius 1 is 0.960 bits per heavy atom. The van der Waals surface area contributed by atoms with E-state index >= 15 is 0 Å². The van der Waals surface area contributed by atoms with Crippen LogP contribution in [0.15, 0.2) is 49.3 Å². The summed E-state index contributed by atoms with van der Waals surface area (Å²) in [6.07, 6.45) is 7.54. The van der Waals surface area contributed by atoms with E-state index in [4.69, 9.17) is 0 Å². The number of benzene rings is 1. The van der Waals surface area contributed by atoms with Gasteiger partial charge in [0.25, 0.3) is 6.33 Å². The number of hydrogen-bond acceptors (Lipinski definition) is 2. The van der Waals surface area contributed by atoms with E-state index in [1.54, 1.807) is 6.33 Å². The molecule has 0 amide bonds. The van der Waals surface area contributed by atoms with Crippen molar-refractivity contribution >= 4 is 7.81 Å². The van der Waals surface area contributed by atoms with Crippen LogP contribution >= 0.6 is 7.81 Å². The van der Waals surface area contributed by atoms with Crippen LogP contribution in [0.5, 0.6) is 0 Å². The van der Waals surface area contributed by atoms with Gasteiger partial charge in [-0.15, -0.1) is 0 Å². The number of nitrogens with zero attached hydrogens (tertiary/aromatic N) is 5. The Hall–Kier alpha value is -2.42. The Bertz CT molecular complexity index is 817. The second-order valence-electron chi connectivity index (χ2n) is 5.30. The fraction of sp³-hybridized carbons (Fsp3) is 0.154. The van der Waals surface area contributed by atoms with Crippen molar-refractivity contribution in [1.82, 2.24) is 19.6 Å². The molecule has 25 heavy (non-hydrogen) atoms. The van der Waals surface area contributed by atoms with Crippen molar-refractivity contribution in [3.63, 3.8) is 0 Å². The summed E-state index contributed by atoms with van der Waals surface area (Å²) in [4.78, 5) is 0. The minimum absolute atomic E-state index is 1.02. The van der Waals surface area contributed by atoms with Crippen LogP contribution in [0.4, 0.5) is 25.2 Å². The molecule has 2 heterocycles. The van der Waals surface area contributed by atoms with E-state index in [-0.39, 0.29) is 0 Å². The predicted molar refractivity (Wildman–Crippen MR) is 80.2 cm³/mol. The standard InChI is InChI=1S/C13H14N5.F6P/c1-11-7-14-17(8-11)12-4-3-5-13(6-12)18-10-16(2)9-15-18;1-7(2,3,4,5)6/h3-10H,1-2H3;/q+1;-1. The first-order valence-corrected chi connectivity index (χ1v) is 8.78. The van der Waals surface area contributed by atoms with Crippen LogP contribution in [0.2, 0.25) is 0 Å². The van der Waals surface area contributed by atoms with Gasteiger partial charge < -0.3 is 0 Å². The molecule has 5 nitrogen and oxygen atoms in total. The molecule has 138 valence electrons. The summed E-state index contributed by atoms with van der Waals surface area (Å²) in [5.74, 6) is 0. The minimum atomic E-state index is -10.7. The van der Waals surface area contributed by atoms with Crippen LogP contribution in [0.3, 0.4) is 0 Å². The third-order valence-corrected chi connectivity index (χ3v) is 2.72. The van der Waals surface area contributed by atoms with Gasteiger partial charge in [0.2, 0.25) is 6.33 Å². The molecular weight excluding hydrogens is 371 g/mol. The normalized spacial score (nSPS) is 14.2. The average Bonchev–Trinajstić information content (AvgIpc) is 3.04. The topological polar surface area (TPSA) is 39.5 Å². The number of halogens is 6. The van der Waals surface area contributed by atoms with Crippen LogP contribution < -0.4 is 4.57 Å². The summed E-state index contributed by atoms with van der Waals surface area (Å²) < 4.78 is 64.8. The summed E-state index contributed by atoms with van der Waals surface area (Å²) in [7, 11) is -8.71. The Labute approximate surface area is 138 Å². The van der Waals surface area contributed by atoms with Crippen LogP contribution in [0, 0.1) is 6.92 Å². The van der Waals surface area contributed by atoms with Crippen molar-refractivity contribution in [1.29, 1.82) is 0 Å². The number of rotatable bonds is 2. The van der Waals surface area contributed by atoms with E-state index in [9.17, 15) is 25.2 Å². The third kappa shape index (κ3) is 7.34. The number of hydrogen-bond donors (Lipinski definition) is 0. The van der Waals surface area contributed by atoms with Crippen molar-refractivity contribution in [2.75, 3.05) is 0 Å². The van der Waals surface area contributed by atoms with Crippen molar-refractivity contribution in [2.45, 2.75) is 6.92 Å². The van der Waals surface area contributed by atoms with Gasteiger partial charge in [-0.25, -0.2) is 9.25 Å². The molecule has 2 aromatic heterocycles. The maximum atomic E-state index is 9.87. The molecule has 0 unspecified atom stereocenters. The van der Waals surface area contributed by atoms with Crippen LogP contribution in [-0.2, 0) is 7.05 Å². The molecule has 0 aliphatic heterocycles. The zero-order chi connectivity index (χ0) is 18.9. The van der Waals surface area contributed by atoms with Gasteiger partial charge in [-0.1, -0.05) is 10.7 Å². The molecule has 0 N–H and O–H groups in total. The molecule has 0 radical (unpaired) electrons. The zero-order valence-electron chi connectivity index (χ0n) is 13.1. The van der Waals surface area contributed by atoms with Gasteiger partial charge in [0.1, 0.15) is 5.69 Å². The summed E-state index contributed by atoms with van der Waals surface area (Å²) in [6, 6.07) is 8.11. The molecule has 3 rings (SSSR count). The summed E-state index contributed by atoms with van der Waals surface area (Å²) >= 11 is 0. The molecular formula is C13H14F6N5P. The predicted octanol–water partition coefficient (Wildman–Crippen LogP) is 4.57. The van der Waals surface area contributed by atoms with Crippen LogP contribution in [0.25, 0.3) is 11.4 Å². The van der Waals surface area contributed by atoms with Crippen molar-refractivity contribution in [2.24, 2.45) is 7.05 Å². The molecule has 0 aliphatic rings. The molecule has 1 aromatic carbocycles. The molecule has 0 spiro atoms. The maximum absolute atomic E-state index is 10.7. The zero-order valence-corrected chi connectivity index (χ0v) is 14.0. The third-order valence-electron chi connectivity index (χ3n) is 2.72. The Kier molecular flexibility index (Phi) is 4.20. The van der Waals surface area contributed by atoms with Gasteiger partial charge in [0, 0.05) is 17.4 Å². The number of aryl methyl sites for hydroxylation is 2. The molecule has 0 bridgehead atoms. The van der Waals surface area contributed by atoms with Gasteiger partial charge in [0.15, 0.2) is 0 Å². The van der Waals surface area contributed by atoms with E-state index in [2.05, 4.69) is 16.3 Å². The van der Waals surface area contributed by atoms with E-state index < -0.39 is 7.81 Å². The Morgan fingerprint density at radius 2 is 1.52 bits per heavy atom. The summed E-state index contributed by atoms with van der Waals surface area (Å²) in [6.45, 7) is 2.03. The van der Waals surface area contributed by atoms with Gasteiger partial charge in [-0.2, -0.15) is 5.10 Å². The van der Waals surface area contributed by atoms with Gasteiger partial charge in [0.05, 0.1) is 18.9 Å². The van der Waals surface area contributed by atoms with E-state index in [1.165, 1.54) is 0 Å². The van der Waals surface area contributed by atoms with Crippen LogP contribution in [0.1, 0.15) is 5.56 Å². The first-order chi connectivity index (χ1) is 11.2. The van der Waals surface area contributed by atoms with Gasteiger partial charge in [-0.05, 0) is 24.6 Å². The second kappa shape index (κ2) is 5.55. The summed E-state index contributed by atoms with van der Waals surface area (Å²) in [5, 5.41) is 8.58. The van der Waals surface area contributed by atoms with E-state index in [0.29, 0.717) is 0 Å². The number of aromatic nitrogens is 5. The Morgan fingerprint density at radius 3 is 1.96 bits per heavy atom. The van der Waals surface area contributed by atoms with Gasteiger partial charge in [-0.3, -0.25) is 0 Å². The molecule has 0 saturated carbocycles. The van der Waals surface area contributed by atoms with E-state index in [0.717, 1.165) is 16.9 Å². The fourth-order valence-corrected chi connectivity index (χ4v) is 1.83.